The molecule has 1 aliphatic rings. The van der Waals surface area contributed by atoms with Gasteiger partial charge >= 0.3 is 0 Å². The fourth-order valence-corrected chi connectivity index (χ4v) is 3.29. The van der Waals surface area contributed by atoms with Crippen LogP contribution in [0.25, 0.3) is 0 Å². The summed E-state index contributed by atoms with van der Waals surface area (Å²) in [5.74, 6) is 1.53. The minimum absolute atomic E-state index is 0.458. The zero-order valence-electron chi connectivity index (χ0n) is 12.5. The molecule has 18 heavy (non-hydrogen) atoms. The average molecular weight is 245 g/mol. The van der Waals surface area contributed by atoms with E-state index in [-0.39, 0.29) is 0 Å². The lowest BCUT2D eigenvalue weighted by molar-refractivity contribution is 0.518. The zero-order valence-corrected chi connectivity index (χ0v) is 12.5. The van der Waals surface area contributed by atoms with E-state index in [1.807, 2.05) is 0 Å². The van der Waals surface area contributed by atoms with Crippen molar-refractivity contribution in [1.82, 2.24) is 5.32 Å². The standard InChI is InChI=1S/C17H27N/c1-6-10-18-11-15-16(17(15,4)5)14-9-7-8-12(2)13(14)3/h7-9,15-16,18H,6,10-11H2,1-5H3. The van der Waals surface area contributed by atoms with Crippen molar-refractivity contribution in [2.75, 3.05) is 13.1 Å². The quantitative estimate of drug-likeness (QED) is 0.772. The molecule has 0 saturated heterocycles. The summed E-state index contributed by atoms with van der Waals surface area (Å²) in [5.41, 5.74) is 4.95. The number of rotatable bonds is 5. The Morgan fingerprint density at radius 2 is 1.94 bits per heavy atom. The van der Waals surface area contributed by atoms with Crippen LogP contribution in [0.2, 0.25) is 0 Å². The molecule has 1 fully saturated rings. The largest absolute Gasteiger partial charge is 0.316 e. The first-order chi connectivity index (χ1) is 8.50. The van der Waals surface area contributed by atoms with Crippen molar-refractivity contribution in [2.24, 2.45) is 11.3 Å². The molecule has 1 nitrogen and oxygen atoms in total. The highest BCUT2D eigenvalue weighted by Gasteiger charge is 2.57. The van der Waals surface area contributed by atoms with Gasteiger partial charge in [-0.2, -0.15) is 0 Å². The van der Waals surface area contributed by atoms with Gasteiger partial charge in [-0.05, 0) is 67.3 Å². The van der Waals surface area contributed by atoms with Crippen molar-refractivity contribution >= 4 is 0 Å². The van der Waals surface area contributed by atoms with Gasteiger partial charge in [-0.1, -0.05) is 39.0 Å². The number of hydrogen-bond acceptors (Lipinski definition) is 1. The van der Waals surface area contributed by atoms with Crippen LogP contribution < -0.4 is 5.32 Å². The van der Waals surface area contributed by atoms with Gasteiger partial charge in [0.25, 0.3) is 0 Å². The van der Waals surface area contributed by atoms with Crippen LogP contribution in [-0.2, 0) is 0 Å². The van der Waals surface area contributed by atoms with E-state index in [0.29, 0.717) is 5.41 Å². The summed E-state index contributed by atoms with van der Waals surface area (Å²) in [5, 5.41) is 3.59. The molecule has 0 aliphatic heterocycles. The van der Waals surface area contributed by atoms with Crippen LogP contribution >= 0.6 is 0 Å². The summed E-state index contributed by atoms with van der Waals surface area (Å²) in [6.07, 6.45) is 1.22. The lowest BCUT2D eigenvalue weighted by Crippen LogP contribution is -2.19. The molecule has 2 rings (SSSR count). The van der Waals surface area contributed by atoms with Gasteiger partial charge in [0.05, 0.1) is 0 Å². The second-order valence-electron chi connectivity index (χ2n) is 6.40. The third-order valence-corrected chi connectivity index (χ3v) is 4.82. The van der Waals surface area contributed by atoms with Gasteiger partial charge in [-0.3, -0.25) is 0 Å². The third-order valence-electron chi connectivity index (χ3n) is 4.82. The van der Waals surface area contributed by atoms with Crippen molar-refractivity contribution < 1.29 is 0 Å². The fraction of sp³-hybridized carbons (Fsp3) is 0.647. The molecule has 1 N–H and O–H groups in total. The smallest absolute Gasteiger partial charge is 0.000912 e. The molecule has 1 heteroatoms. The Morgan fingerprint density at radius 3 is 2.61 bits per heavy atom. The van der Waals surface area contributed by atoms with Crippen LogP contribution in [0, 0.1) is 25.2 Å². The summed E-state index contributed by atoms with van der Waals surface area (Å²) in [7, 11) is 0. The van der Waals surface area contributed by atoms with Crippen LogP contribution in [-0.4, -0.2) is 13.1 Å². The summed E-state index contributed by atoms with van der Waals surface area (Å²) < 4.78 is 0. The number of hydrogen-bond donors (Lipinski definition) is 1. The first-order valence-electron chi connectivity index (χ1n) is 7.27. The van der Waals surface area contributed by atoms with Gasteiger partial charge in [-0.15, -0.1) is 0 Å². The Morgan fingerprint density at radius 1 is 1.22 bits per heavy atom. The van der Waals surface area contributed by atoms with E-state index >= 15 is 0 Å². The molecule has 1 saturated carbocycles. The van der Waals surface area contributed by atoms with Gasteiger partial charge in [-0.25, -0.2) is 0 Å². The maximum Gasteiger partial charge on any atom is -0.000912 e. The second kappa shape index (κ2) is 5.05. The summed E-state index contributed by atoms with van der Waals surface area (Å²) in [4.78, 5) is 0. The Kier molecular flexibility index (Phi) is 3.82. The Labute approximate surface area is 112 Å². The third kappa shape index (κ3) is 2.33. The molecule has 0 amide bonds. The molecule has 2 atom stereocenters. The maximum atomic E-state index is 3.59. The Bertz CT molecular complexity index is 420. The Balaban J connectivity index is 2.12. The highest BCUT2D eigenvalue weighted by Crippen LogP contribution is 2.64. The number of aryl methyl sites for hydroxylation is 1. The summed E-state index contributed by atoms with van der Waals surface area (Å²) in [6.45, 7) is 13.9. The topological polar surface area (TPSA) is 12.0 Å². The van der Waals surface area contributed by atoms with Crippen LogP contribution in [0.3, 0.4) is 0 Å². The minimum Gasteiger partial charge on any atom is -0.316 e. The van der Waals surface area contributed by atoms with E-state index in [0.717, 1.165) is 18.4 Å². The number of benzene rings is 1. The normalized spacial score (nSPS) is 25.2. The van der Waals surface area contributed by atoms with Gasteiger partial charge in [0.15, 0.2) is 0 Å². The molecule has 0 heterocycles. The van der Waals surface area contributed by atoms with Crippen LogP contribution in [0.1, 0.15) is 49.8 Å². The van der Waals surface area contributed by atoms with Crippen molar-refractivity contribution in [3.8, 4) is 0 Å². The lowest BCUT2D eigenvalue weighted by Gasteiger charge is -2.09. The number of nitrogens with one attached hydrogen (secondary N) is 1. The first kappa shape index (κ1) is 13.6. The minimum atomic E-state index is 0.458. The van der Waals surface area contributed by atoms with Gasteiger partial charge in [0, 0.05) is 0 Å². The van der Waals surface area contributed by atoms with E-state index in [2.05, 4.69) is 58.1 Å². The molecule has 0 radical (unpaired) electrons. The van der Waals surface area contributed by atoms with E-state index in [1.54, 1.807) is 5.56 Å². The molecule has 0 bridgehead atoms. The van der Waals surface area contributed by atoms with Crippen molar-refractivity contribution in [3.05, 3.63) is 34.9 Å². The monoisotopic (exact) mass is 245 g/mol. The zero-order chi connectivity index (χ0) is 13.3. The second-order valence-corrected chi connectivity index (χ2v) is 6.40. The molecule has 0 aromatic heterocycles. The molecular formula is C17H27N. The molecule has 1 aliphatic carbocycles. The molecule has 100 valence electrons. The molecule has 1 aromatic carbocycles. The molecule has 2 unspecified atom stereocenters. The summed E-state index contributed by atoms with van der Waals surface area (Å²) in [6, 6.07) is 6.76. The highest BCUT2D eigenvalue weighted by molar-refractivity contribution is 5.41. The van der Waals surface area contributed by atoms with Gasteiger partial charge in [0.2, 0.25) is 0 Å². The van der Waals surface area contributed by atoms with Crippen molar-refractivity contribution in [3.63, 3.8) is 0 Å². The highest BCUT2D eigenvalue weighted by atomic mass is 14.9. The molecule has 1 aromatic rings. The van der Waals surface area contributed by atoms with E-state index in [4.69, 9.17) is 0 Å². The maximum absolute atomic E-state index is 3.59. The SMILES string of the molecule is CCCNCC1C(c2cccc(C)c2C)C1(C)C. The van der Waals surface area contributed by atoms with Crippen LogP contribution in [0.4, 0.5) is 0 Å². The Hall–Kier alpha value is -0.820. The van der Waals surface area contributed by atoms with E-state index in [1.165, 1.54) is 24.1 Å². The first-order valence-corrected chi connectivity index (χ1v) is 7.27. The van der Waals surface area contributed by atoms with Gasteiger partial charge < -0.3 is 5.32 Å². The summed E-state index contributed by atoms with van der Waals surface area (Å²) >= 11 is 0. The van der Waals surface area contributed by atoms with Crippen molar-refractivity contribution in [1.29, 1.82) is 0 Å². The predicted octanol–water partition coefficient (Wildman–Crippen LogP) is 4.04. The van der Waals surface area contributed by atoms with Gasteiger partial charge in [0.1, 0.15) is 0 Å². The lowest BCUT2D eigenvalue weighted by atomic mass is 9.96. The van der Waals surface area contributed by atoms with E-state index in [9.17, 15) is 0 Å². The van der Waals surface area contributed by atoms with E-state index < -0.39 is 0 Å². The van der Waals surface area contributed by atoms with Crippen molar-refractivity contribution in [2.45, 2.75) is 47.0 Å². The molecule has 0 spiro atoms. The van der Waals surface area contributed by atoms with Crippen LogP contribution in [0.5, 0.6) is 0 Å². The fourth-order valence-electron chi connectivity index (χ4n) is 3.29. The van der Waals surface area contributed by atoms with Crippen LogP contribution in [0.15, 0.2) is 18.2 Å². The molecular weight excluding hydrogens is 218 g/mol. The average Bonchev–Trinajstić information content (AvgIpc) is 2.85. The predicted molar refractivity (Wildman–Crippen MR) is 79.1 cm³/mol.